The van der Waals surface area contributed by atoms with E-state index in [-0.39, 0.29) is 28.2 Å². The van der Waals surface area contributed by atoms with Gasteiger partial charge >= 0.3 is 6.29 Å². The number of carbonyl (C=O) groups excluding carboxylic acids is 1. The number of carbonyl (C=O) groups is 1. The van der Waals surface area contributed by atoms with Crippen molar-refractivity contribution in [2.24, 2.45) is 0 Å². The maximum atomic E-state index is 13.2. The third-order valence-electron chi connectivity index (χ3n) is 4.05. The van der Waals surface area contributed by atoms with Crippen LogP contribution in [0.25, 0.3) is 11.3 Å². The Kier molecular flexibility index (Phi) is 4.19. The summed E-state index contributed by atoms with van der Waals surface area (Å²) >= 11 is 6.13. The van der Waals surface area contributed by atoms with Crippen molar-refractivity contribution in [2.75, 3.05) is 5.32 Å². The average Bonchev–Trinajstić information content (AvgIpc) is 3.11. The topological polar surface area (TPSA) is 86.5 Å². The van der Waals surface area contributed by atoms with Gasteiger partial charge < -0.3 is 19.2 Å². The Morgan fingerprint density at radius 2 is 1.86 bits per heavy atom. The van der Waals surface area contributed by atoms with Crippen molar-refractivity contribution in [3.05, 3.63) is 52.7 Å². The SMILES string of the molecule is Cc1coc(C)c1C(=O)Nc1cnc(-c2cc3c(cc2Cl)OC(F)(F)O3)cn1. The number of fused-ring (bicyclic) bond motifs is 1. The summed E-state index contributed by atoms with van der Waals surface area (Å²) in [6.45, 7) is 3.44. The van der Waals surface area contributed by atoms with Crippen molar-refractivity contribution in [1.82, 2.24) is 9.97 Å². The Morgan fingerprint density at radius 1 is 1.14 bits per heavy atom. The van der Waals surface area contributed by atoms with E-state index in [1.165, 1.54) is 30.8 Å². The molecule has 0 fully saturated rings. The number of benzene rings is 1. The Labute approximate surface area is 162 Å². The highest BCUT2D eigenvalue weighted by atomic mass is 35.5. The molecule has 144 valence electrons. The summed E-state index contributed by atoms with van der Waals surface area (Å²) in [7, 11) is 0. The summed E-state index contributed by atoms with van der Waals surface area (Å²) in [5.74, 6) is -0.00857. The summed E-state index contributed by atoms with van der Waals surface area (Å²) < 4.78 is 40.4. The van der Waals surface area contributed by atoms with Gasteiger partial charge in [-0.3, -0.25) is 9.78 Å². The molecule has 0 unspecified atom stereocenters. The fourth-order valence-electron chi connectivity index (χ4n) is 2.79. The highest BCUT2D eigenvalue weighted by Gasteiger charge is 2.43. The number of amides is 1. The van der Waals surface area contributed by atoms with Crippen LogP contribution in [0.2, 0.25) is 5.02 Å². The number of hydrogen-bond acceptors (Lipinski definition) is 6. The predicted molar refractivity (Wildman–Crippen MR) is 94.8 cm³/mol. The van der Waals surface area contributed by atoms with E-state index in [0.29, 0.717) is 28.1 Å². The minimum Gasteiger partial charge on any atom is -0.469 e. The highest BCUT2D eigenvalue weighted by Crippen LogP contribution is 2.45. The molecular formula is C18H12ClF2N3O4. The molecule has 0 saturated heterocycles. The number of nitrogens with one attached hydrogen (secondary N) is 1. The van der Waals surface area contributed by atoms with Crippen LogP contribution >= 0.6 is 11.6 Å². The molecule has 7 nitrogen and oxygen atoms in total. The number of halogens is 3. The minimum absolute atomic E-state index is 0.135. The molecule has 2 aromatic heterocycles. The highest BCUT2D eigenvalue weighted by molar-refractivity contribution is 6.33. The molecule has 0 radical (unpaired) electrons. The maximum absolute atomic E-state index is 13.2. The standard InChI is InChI=1S/C18H12ClF2N3O4/c1-8-7-26-9(2)16(8)17(25)24-15-6-22-12(5-23-15)10-3-13-14(4-11(10)19)28-18(20,21)27-13/h3-7H,1-2H3,(H,23,24,25). The normalized spacial score (nSPS) is 14.2. The molecule has 1 amide bonds. The first-order valence-corrected chi connectivity index (χ1v) is 8.39. The van der Waals surface area contributed by atoms with Crippen LogP contribution in [0.3, 0.4) is 0 Å². The number of rotatable bonds is 3. The van der Waals surface area contributed by atoms with Gasteiger partial charge in [-0.15, -0.1) is 8.78 Å². The zero-order chi connectivity index (χ0) is 20.1. The van der Waals surface area contributed by atoms with Gasteiger partial charge in [-0.25, -0.2) is 4.98 Å². The quantitative estimate of drug-likeness (QED) is 0.683. The molecule has 0 saturated carbocycles. The largest absolute Gasteiger partial charge is 0.586 e. The molecule has 28 heavy (non-hydrogen) atoms. The van der Waals surface area contributed by atoms with Gasteiger partial charge in [0.1, 0.15) is 5.76 Å². The molecule has 0 atom stereocenters. The second-order valence-electron chi connectivity index (χ2n) is 6.04. The molecule has 4 rings (SSSR count). The first kappa shape index (κ1) is 18.2. The van der Waals surface area contributed by atoms with Gasteiger partial charge in [0.15, 0.2) is 17.3 Å². The van der Waals surface area contributed by atoms with Crippen molar-refractivity contribution in [1.29, 1.82) is 0 Å². The molecule has 3 aromatic rings. The van der Waals surface area contributed by atoms with Gasteiger partial charge in [0.25, 0.3) is 5.91 Å². The van der Waals surface area contributed by atoms with E-state index in [4.69, 9.17) is 16.0 Å². The van der Waals surface area contributed by atoms with Gasteiger partial charge in [0.05, 0.1) is 34.9 Å². The molecule has 0 spiro atoms. The zero-order valence-corrected chi connectivity index (χ0v) is 15.3. The zero-order valence-electron chi connectivity index (χ0n) is 14.5. The first-order valence-electron chi connectivity index (χ1n) is 8.01. The number of hydrogen-bond donors (Lipinski definition) is 1. The third kappa shape index (κ3) is 3.24. The van der Waals surface area contributed by atoms with Crippen molar-refractivity contribution >= 4 is 23.3 Å². The summed E-state index contributed by atoms with van der Waals surface area (Å²) in [5.41, 5.74) is 1.75. The van der Waals surface area contributed by atoms with Gasteiger partial charge in [-0.2, -0.15) is 0 Å². The van der Waals surface area contributed by atoms with E-state index in [1.54, 1.807) is 13.8 Å². The third-order valence-corrected chi connectivity index (χ3v) is 4.36. The Balaban J connectivity index is 1.57. The van der Waals surface area contributed by atoms with Gasteiger partial charge in [0, 0.05) is 17.2 Å². The van der Waals surface area contributed by atoms with Gasteiger partial charge in [-0.1, -0.05) is 11.6 Å². The predicted octanol–water partition coefficient (Wildman–Crippen LogP) is 4.58. The summed E-state index contributed by atoms with van der Waals surface area (Å²) in [6.07, 6.45) is 0.428. The van der Waals surface area contributed by atoms with Gasteiger partial charge in [-0.05, 0) is 19.9 Å². The number of aryl methyl sites for hydroxylation is 2. The van der Waals surface area contributed by atoms with E-state index in [0.717, 1.165) is 0 Å². The second kappa shape index (κ2) is 6.45. The Hall–Kier alpha value is -3.20. The number of ether oxygens (including phenoxy) is 2. The lowest BCUT2D eigenvalue weighted by Gasteiger charge is -2.07. The summed E-state index contributed by atoms with van der Waals surface area (Å²) in [6, 6.07) is 2.51. The van der Waals surface area contributed by atoms with E-state index in [2.05, 4.69) is 24.8 Å². The van der Waals surface area contributed by atoms with Crippen molar-refractivity contribution in [2.45, 2.75) is 20.1 Å². The fourth-order valence-corrected chi connectivity index (χ4v) is 3.04. The van der Waals surface area contributed by atoms with E-state index >= 15 is 0 Å². The summed E-state index contributed by atoms with van der Waals surface area (Å²) in [4.78, 5) is 20.7. The van der Waals surface area contributed by atoms with Crippen LogP contribution in [0.1, 0.15) is 21.7 Å². The van der Waals surface area contributed by atoms with Crippen LogP contribution < -0.4 is 14.8 Å². The number of nitrogens with zero attached hydrogens (tertiary/aromatic N) is 2. The van der Waals surface area contributed by atoms with Crippen LogP contribution in [-0.4, -0.2) is 22.2 Å². The van der Waals surface area contributed by atoms with Crippen LogP contribution in [0.5, 0.6) is 11.5 Å². The van der Waals surface area contributed by atoms with E-state index < -0.39 is 6.29 Å². The lowest BCUT2D eigenvalue weighted by Crippen LogP contribution is -2.25. The molecule has 1 aliphatic heterocycles. The fraction of sp³-hybridized carbons (Fsp3) is 0.167. The molecular weight excluding hydrogens is 396 g/mol. The molecule has 10 heteroatoms. The smallest absolute Gasteiger partial charge is 0.469 e. The van der Waals surface area contributed by atoms with E-state index in [1.807, 2.05) is 0 Å². The van der Waals surface area contributed by atoms with Crippen molar-refractivity contribution < 1.29 is 27.5 Å². The molecule has 1 aromatic carbocycles. The molecule has 0 bridgehead atoms. The molecule has 1 aliphatic rings. The maximum Gasteiger partial charge on any atom is 0.586 e. The van der Waals surface area contributed by atoms with Crippen LogP contribution in [0, 0.1) is 13.8 Å². The lowest BCUT2D eigenvalue weighted by atomic mass is 10.1. The van der Waals surface area contributed by atoms with Crippen LogP contribution in [0.4, 0.5) is 14.6 Å². The monoisotopic (exact) mass is 407 g/mol. The average molecular weight is 408 g/mol. The Morgan fingerprint density at radius 3 is 2.46 bits per heavy atom. The van der Waals surface area contributed by atoms with Crippen LogP contribution in [-0.2, 0) is 0 Å². The van der Waals surface area contributed by atoms with Crippen molar-refractivity contribution in [3.63, 3.8) is 0 Å². The number of alkyl halides is 2. The minimum atomic E-state index is -3.74. The molecule has 0 aliphatic carbocycles. The number of furan rings is 1. The molecule has 1 N–H and O–H groups in total. The Bertz CT molecular complexity index is 1060. The lowest BCUT2D eigenvalue weighted by molar-refractivity contribution is -0.286. The van der Waals surface area contributed by atoms with Crippen LogP contribution in [0.15, 0.2) is 35.2 Å². The second-order valence-corrected chi connectivity index (χ2v) is 6.44. The first-order chi connectivity index (χ1) is 13.2. The number of anilines is 1. The summed E-state index contributed by atoms with van der Waals surface area (Å²) in [5, 5.41) is 2.76. The van der Waals surface area contributed by atoms with E-state index in [9.17, 15) is 13.6 Å². The number of aromatic nitrogens is 2. The molecule has 3 heterocycles. The van der Waals surface area contributed by atoms with Crippen molar-refractivity contribution in [3.8, 4) is 22.8 Å². The van der Waals surface area contributed by atoms with Gasteiger partial charge in [0.2, 0.25) is 0 Å².